The van der Waals surface area contributed by atoms with E-state index in [-0.39, 0.29) is 5.75 Å². The van der Waals surface area contributed by atoms with Gasteiger partial charge in [0.05, 0.1) is 7.11 Å². The Morgan fingerprint density at radius 1 is 1.20 bits per heavy atom. The summed E-state index contributed by atoms with van der Waals surface area (Å²) >= 11 is 15.3. The zero-order chi connectivity index (χ0) is 14.7. The maximum atomic E-state index is 10.0. The fourth-order valence-electron chi connectivity index (χ4n) is 1.74. The Bertz CT molecular complexity index is 635. The van der Waals surface area contributed by atoms with Gasteiger partial charge < -0.3 is 15.2 Å². The second-order valence-electron chi connectivity index (χ2n) is 4.09. The number of ether oxygens (including phenoxy) is 1. The molecule has 0 fully saturated rings. The van der Waals surface area contributed by atoms with Gasteiger partial charge in [-0.15, -0.1) is 0 Å². The lowest BCUT2D eigenvalue weighted by molar-refractivity contribution is 0.371. The molecule has 0 spiro atoms. The molecule has 0 unspecified atom stereocenters. The smallest absolute Gasteiger partial charge is 0.162 e. The number of methoxy groups -OCH3 is 1. The maximum Gasteiger partial charge on any atom is 0.162 e. The predicted octanol–water partition coefficient (Wildman–Crippen LogP) is 5.08. The summed E-state index contributed by atoms with van der Waals surface area (Å²) in [6, 6.07) is 8.69. The molecular formula is C14H12BrCl2NO2. The van der Waals surface area contributed by atoms with Crippen molar-refractivity contribution in [2.45, 2.75) is 6.54 Å². The highest BCUT2D eigenvalue weighted by Crippen LogP contribution is 2.34. The van der Waals surface area contributed by atoms with Crippen LogP contribution in [0.3, 0.4) is 0 Å². The fraction of sp³-hybridized carbons (Fsp3) is 0.143. The van der Waals surface area contributed by atoms with E-state index in [2.05, 4.69) is 21.2 Å². The van der Waals surface area contributed by atoms with Gasteiger partial charge in [0.1, 0.15) is 0 Å². The molecule has 0 amide bonds. The van der Waals surface area contributed by atoms with Crippen molar-refractivity contribution in [2.24, 2.45) is 0 Å². The van der Waals surface area contributed by atoms with Gasteiger partial charge in [-0.25, -0.2) is 0 Å². The van der Waals surface area contributed by atoms with E-state index in [1.165, 1.54) is 7.11 Å². The van der Waals surface area contributed by atoms with Crippen molar-refractivity contribution < 1.29 is 9.84 Å². The van der Waals surface area contributed by atoms with Gasteiger partial charge in [0, 0.05) is 38.4 Å². The summed E-state index contributed by atoms with van der Waals surface area (Å²) in [6.07, 6.45) is 0. The van der Waals surface area contributed by atoms with E-state index in [9.17, 15) is 5.11 Å². The Morgan fingerprint density at radius 3 is 2.60 bits per heavy atom. The highest BCUT2D eigenvalue weighted by molar-refractivity contribution is 9.10. The molecule has 0 atom stereocenters. The summed E-state index contributed by atoms with van der Waals surface area (Å²) in [6.45, 7) is 0.406. The van der Waals surface area contributed by atoms with Gasteiger partial charge in [0.25, 0.3) is 0 Å². The second-order valence-corrected chi connectivity index (χ2v) is 5.82. The zero-order valence-corrected chi connectivity index (χ0v) is 13.7. The number of halogens is 3. The zero-order valence-electron chi connectivity index (χ0n) is 10.6. The Labute approximate surface area is 135 Å². The lowest BCUT2D eigenvalue weighted by Crippen LogP contribution is -2.01. The summed E-state index contributed by atoms with van der Waals surface area (Å²) in [7, 11) is 1.48. The van der Waals surface area contributed by atoms with Crippen LogP contribution in [0.5, 0.6) is 11.5 Å². The Kier molecular flexibility index (Phi) is 5.02. The number of hydrogen-bond acceptors (Lipinski definition) is 3. The number of phenolic OH excluding ortho intramolecular Hbond substituents is 1. The van der Waals surface area contributed by atoms with E-state index in [0.717, 1.165) is 10.2 Å². The lowest BCUT2D eigenvalue weighted by atomic mass is 10.1. The molecule has 0 aliphatic carbocycles. The van der Waals surface area contributed by atoms with Crippen molar-refractivity contribution in [3.8, 4) is 11.5 Å². The van der Waals surface area contributed by atoms with E-state index in [1.807, 2.05) is 6.07 Å². The van der Waals surface area contributed by atoms with Gasteiger partial charge in [0.15, 0.2) is 11.5 Å². The first kappa shape index (κ1) is 15.3. The minimum absolute atomic E-state index is 0.0782. The quantitative estimate of drug-likeness (QED) is 0.781. The standard InChI is InChI=1S/C14H12BrCl2NO2/c1-20-13-6-10(17)4-8(14(13)19)7-18-12-3-2-9(16)5-11(12)15/h2-6,18-19H,7H2,1H3. The van der Waals surface area contributed by atoms with Crippen molar-refractivity contribution >= 4 is 44.8 Å². The molecule has 106 valence electrons. The summed E-state index contributed by atoms with van der Waals surface area (Å²) in [4.78, 5) is 0. The third kappa shape index (κ3) is 3.51. The van der Waals surface area contributed by atoms with Crippen LogP contribution >= 0.6 is 39.1 Å². The molecule has 6 heteroatoms. The first-order chi connectivity index (χ1) is 9.51. The van der Waals surface area contributed by atoms with Gasteiger partial charge in [-0.05, 0) is 40.2 Å². The molecule has 2 aromatic carbocycles. The van der Waals surface area contributed by atoms with E-state index < -0.39 is 0 Å². The molecule has 0 saturated heterocycles. The summed E-state index contributed by atoms with van der Waals surface area (Å²) in [5, 5.41) is 14.4. The molecule has 3 nitrogen and oxygen atoms in total. The van der Waals surface area contributed by atoms with Crippen molar-refractivity contribution in [1.29, 1.82) is 0 Å². The van der Waals surface area contributed by atoms with Gasteiger partial charge >= 0.3 is 0 Å². The van der Waals surface area contributed by atoms with Gasteiger partial charge in [0.2, 0.25) is 0 Å². The number of nitrogens with one attached hydrogen (secondary N) is 1. The molecule has 2 rings (SSSR count). The van der Waals surface area contributed by atoms with Crippen LogP contribution in [0.15, 0.2) is 34.8 Å². The highest BCUT2D eigenvalue weighted by Gasteiger charge is 2.10. The molecule has 0 bridgehead atoms. The Morgan fingerprint density at radius 2 is 1.95 bits per heavy atom. The minimum atomic E-state index is 0.0782. The van der Waals surface area contributed by atoms with Crippen molar-refractivity contribution in [3.05, 3.63) is 50.4 Å². The first-order valence-corrected chi connectivity index (χ1v) is 7.30. The van der Waals surface area contributed by atoms with Crippen molar-refractivity contribution in [2.75, 3.05) is 12.4 Å². The van der Waals surface area contributed by atoms with E-state index >= 15 is 0 Å². The van der Waals surface area contributed by atoms with Crippen LogP contribution in [-0.4, -0.2) is 12.2 Å². The summed E-state index contributed by atoms with van der Waals surface area (Å²) in [5.74, 6) is 0.430. The van der Waals surface area contributed by atoms with Crippen LogP contribution < -0.4 is 10.1 Å². The molecule has 20 heavy (non-hydrogen) atoms. The molecule has 0 aliphatic heterocycles. The molecule has 0 aliphatic rings. The molecule has 2 N–H and O–H groups in total. The van der Waals surface area contributed by atoms with Gasteiger partial charge in [-0.1, -0.05) is 23.2 Å². The van der Waals surface area contributed by atoms with Crippen molar-refractivity contribution in [1.82, 2.24) is 0 Å². The number of phenols is 1. The van der Waals surface area contributed by atoms with Crippen LogP contribution in [0.4, 0.5) is 5.69 Å². The van der Waals surface area contributed by atoms with Crippen LogP contribution in [0.2, 0.25) is 10.0 Å². The summed E-state index contributed by atoms with van der Waals surface area (Å²) < 4.78 is 5.91. The number of anilines is 1. The monoisotopic (exact) mass is 375 g/mol. The largest absolute Gasteiger partial charge is 0.504 e. The van der Waals surface area contributed by atoms with Crippen LogP contribution in [0.25, 0.3) is 0 Å². The van der Waals surface area contributed by atoms with E-state index in [1.54, 1.807) is 24.3 Å². The maximum absolute atomic E-state index is 10.0. The summed E-state index contributed by atoms with van der Waals surface area (Å²) in [5.41, 5.74) is 1.52. The molecular weight excluding hydrogens is 365 g/mol. The van der Waals surface area contributed by atoms with Crippen LogP contribution in [-0.2, 0) is 6.54 Å². The van der Waals surface area contributed by atoms with Gasteiger partial charge in [-0.2, -0.15) is 0 Å². The van der Waals surface area contributed by atoms with Crippen LogP contribution in [0.1, 0.15) is 5.56 Å². The number of aromatic hydroxyl groups is 1. The second kappa shape index (κ2) is 6.57. The van der Waals surface area contributed by atoms with Crippen molar-refractivity contribution in [3.63, 3.8) is 0 Å². The third-order valence-electron chi connectivity index (χ3n) is 2.74. The first-order valence-electron chi connectivity index (χ1n) is 5.75. The lowest BCUT2D eigenvalue weighted by Gasteiger charge is -2.12. The Balaban J connectivity index is 2.20. The topological polar surface area (TPSA) is 41.5 Å². The van der Waals surface area contributed by atoms with E-state index in [0.29, 0.717) is 27.9 Å². The molecule has 0 heterocycles. The van der Waals surface area contributed by atoms with E-state index in [4.69, 9.17) is 27.9 Å². The van der Waals surface area contributed by atoms with Gasteiger partial charge in [-0.3, -0.25) is 0 Å². The third-order valence-corrected chi connectivity index (χ3v) is 3.85. The number of benzene rings is 2. The number of rotatable bonds is 4. The molecule has 0 aromatic heterocycles. The highest BCUT2D eigenvalue weighted by atomic mass is 79.9. The molecule has 2 aromatic rings. The Hall–Kier alpha value is -1.10. The average molecular weight is 377 g/mol. The SMILES string of the molecule is COc1cc(Cl)cc(CNc2ccc(Cl)cc2Br)c1O. The molecule has 0 saturated carbocycles. The minimum Gasteiger partial charge on any atom is -0.504 e. The van der Waals surface area contributed by atoms with Crippen LogP contribution in [0, 0.1) is 0 Å². The average Bonchev–Trinajstić information content (AvgIpc) is 2.41. The number of hydrogen-bond donors (Lipinski definition) is 2. The predicted molar refractivity (Wildman–Crippen MR) is 86.1 cm³/mol. The normalized spacial score (nSPS) is 10.4. The fourth-order valence-corrected chi connectivity index (χ4v) is 2.80. The molecule has 0 radical (unpaired) electrons.